The number of amides is 2. The summed E-state index contributed by atoms with van der Waals surface area (Å²) in [6.07, 6.45) is 6.58. The van der Waals surface area contributed by atoms with Crippen molar-refractivity contribution in [3.8, 4) is 0 Å². The molecule has 112 valence electrons. The number of pyridine rings is 1. The van der Waals surface area contributed by atoms with Gasteiger partial charge in [-0.2, -0.15) is 0 Å². The first kappa shape index (κ1) is 15.2. The molecule has 5 heteroatoms. The highest BCUT2D eigenvalue weighted by atomic mass is 16.2. The molecule has 0 aromatic carbocycles. The Morgan fingerprint density at radius 2 is 2.14 bits per heavy atom. The topological polar surface area (TPSA) is 62.3 Å². The SMILES string of the molecule is C=CCNC(=O)C1CC1C(=O)N(C)CCc1ccncc1. The normalized spacial score (nSPS) is 19.7. The molecule has 1 aliphatic carbocycles. The molecule has 0 saturated heterocycles. The maximum Gasteiger partial charge on any atom is 0.226 e. The third kappa shape index (κ3) is 4.15. The Balaban J connectivity index is 1.76. The maximum absolute atomic E-state index is 12.2. The van der Waals surface area contributed by atoms with Gasteiger partial charge in [-0.1, -0.05) is 6.08 Å². The smallest absolute Gasteiger partial charge is 0.226 e. The van der Waals surface area contributed by atoms with E-state index in [9.17, 15) is 9.59 Å². The van der Waals surface area contributed by atoms with Crippen LogP contribution >= 0.6 is 0 Å². The summed E-state index contributed by atoms with van der Waals surface area (Å²) in [5, 5.41) is 2.74. The minimum atomic E-state index is -0.166. The minimum Gasteiger partial charge on any atom is -0.352 e. The highest BCUT2D eigenvalue weighted by molar-refractivity contribution is 5.92. The van der Waals surface area contributed by atoms with E-state index in [2.05, 4.69) is 16.9 Å². The van der Waals surface area contributed by atoms with Crippen LogP contribution < -0.4 is 5.32 Å². The number of carbonyl (C=O) groups excluding carboxylic acids is 2. The van der Waals surface area contributed by atoms with Crippen molar-refractivity contribution < 1.29 is 9.59 Å². The van der Waals surface area contributed by atoms with Crippen LogP contribution in [-0.4, -0.2) is 41.8 Å². The van der Waals surface area contributed by atoms with Crippen LogP contribution in [-0.2, 0) is 16.0 Å². The van der Waals surface area contributed by atoms with Gasteiger partial charge in [0.1, 0.15) is 0 Å². The summed E-state index contributed by atoms with van der Waals surface area (Å²) in [5.41, 5.74) is 1.15. The Bertz CT molecular complexity index is 516. The van der Waals surface area contributed by atoms with E-state index in [1.54, 1.807) is 30.4 Å². The third-order valence-electron chi connectivity index (χ3n) is 3.73. The molecule has 21 heavy (non-hydrogen) atoms. The summed E-state index contributed by atoms with van der Waals surface area (Å²) in [4.78, 5) is 29.7. The quantitative estimate of drug-likeness (QED) is 0.762. The Morgan fingerprint density at radius 1 is 1.43 bits per heavy atom. The molecule has 1 aliphatic rings. The molecular weight excluding hydrogens is 266 g/mol. The number of carbonyl (C=O) groups is 2. The fourth-order valence-corrected chi connectivity index (χ4v) is 2.30. The van der Waals surface area contributed by atoms with Crippen LogP contribution in [0.4, 0.5) is 0 Å². The number of nitrogens with zero attached hydrogens (tertiary/aromatic N) is 2. The average Bonchev–Trinajstić information content (AvgIpc) is 3.31. The predicted molar refractivity (Wildman–Crippen MR) is 80.4 cm³/mol. The monoisotopic (exact) mass is 287 g/mol. The van der Waals surface area contributed by atoms with E-state index in [1.807, 2.05) is 12.1 Å². The van der Waals surface area contributed by atoms with Gasteiger partial charge < -0.3 is 10.2 Å². The number of rotatable bonds is 7. The van der Waals surface area contributed by atoms with Crippen molar-refractivity contribution in [2.45, 2.75) is 12.8 Å². The van der Waals surface area contributed by atoms with Crippen LogP contribution in [0, 0.1) is 11.8 Å². The lowest BCUT2D eigenvalue weighted by molar-refractivity contribution is -0.133. The predicted octanol–water partition coefficient (Wildman–Crippen LogP) is 1.02. The van der Waals surface area contributed by atoms with E-state index in [0.717, 1.165) is 12.0 Å². The molecule has 1 aromatic heterocycles. The number of hydrogen-bond donors (Lipinski definition) is 1. The second-order valence-corrected chi connectivity index (χ2v) is 5.35. The van der Waals surface area contributed by atoms with Crippen LogP contribution in [0.3, 0.4) is 0 Å². The molecule has 2 amide bonds. The summed E-state index contributed by atoms with van der Waals surface area (Å²) in [5.74, 6) is -0.309. The van der Waals surface area contributed by atoms with E-state index < -0.39 is 0 Å². The molecule has 1 aromatic rings. The number of aromatic nitrogens is 1. The molecule has 1 N–H and O–H groups in total. The van der Waals surface area contributed by atoms with Gasteiger partial charge in [0.2, 0.25) is 11.8 Å². The Labute approximate surface area is 125 Å². The first-order chi connectivity index (χ1) is 10.1. The second kappa shape index (κ2) is 7.02. The van der Waals surface area contributed by atoms with E-state index in [-0.39, 0.29) is 23.7 Å². The zero-order valence-corrected chi connectivity index (χ0v) is 12.3. The van der Waals surface area contributed by atoms with Crippen molar-refractivity contribution >= 4 is 11.8 Å². The molecule has 0 radical (unpaired) electrons. The molecular formula is C16H21N3O2. The molecule has 2 unspecified atom stereocenters. The Kier molecular flexibility index (Phi) is 5.09. The highest BCUT2D eigenvalue weighted by Gasteiger charge is 2.48. The molecule has 1 heterocycles. The lowest BCUT2D eigenvalue weighted by Crippen LogP contribution is -2.33. The lowest BCUT2D eigenvalue weighted by Gasteiger charge is -2.17. The van der Waals surface area contributed by atoms with Crippen molar-refractivity contribution in [1.82, 2.24) is 15.2 Å². The van der Waals surface area contributed by atoms with E-state index in [4.69, 9.17) is 0 Å². The third-order valence-corrected chi connectivity index (χ3v) is 3.73. The molecule has 2 atom stereocenters. The van der Waals surface area contributed by atoms with Gasteiger partial charge in [-0.15, -0.1) is 6.58 Å². The van der Waals surface area contributed by atoms with Gasteiger partial charge in [0, 0.05) is 32.5 Å². The van der Waals surface area contributed by atoms with E-state index >= 15 is 0 Å². The van der Waals surface area contributed by atoms with Gasteiger partial charge in [-0.25, -0.2) is 0 Å². The summed E-state index contributed by atoms with van der Waals surface area (Å²) in [7, 11) is 1.79. The lowest BCUT2D eigenvalue weighted by atomic mass is 10.2. The van der Waals surface area contributed by atoms with Crippen LogP contribution in [0.1, 0.15) is 12.0 Å². The van der Waals surface area contributed by atoms with Crippen LogP contribution in [0.25, 0.3) is 0 Å². The second-order valence-electron chi connectivity index (χ2n) is 5.35. The fraction of sp³-hybridized carbons (Fsp3) is 0.438. The van der Waals surface area contributed by atoms with Gasteiger partial charge in [0.05, 0.1) is 11.8 Å². The zero-order valence-electron chi connectivity index (χ0n) is 12.3. The van der Waals surface area contributed by atoms with Gasteiger partial charge >= 0.3 is 0 Å². The Hall–Kier alpha value is -2.17. The fourth-order valence-electron chi connectivity index (χ4n) is 2.30. The summed E-state index contributed by atoms with van der Waals surface area (Å²) in [6.45, 7) is 4.66. The van der Waals surface area contributed by atoms with Crippen LogP contribution in [0.15, 0.2) is 37.2 Å². The molecule has 0 bridgehead atoms. The molecule has 0 spiro atoms. The van der Waals surface area contributed by atoms with Crippen molar-refractivity contribution in [3.05, 3.63) is 42.7 Å². The zero-order chi connectivity index (χ0) is 15.2. The summed E-state index contributed by atoms with van der Waals surface area (Å²) in [6, 6.07) is 3.89. The molecule has 1 fully saturated rings. The first-order valence-electron chi connectivity index (χ1n) is 7.16. The van der Waals surface area contributed by atoms with Crippen molar-refractivity contribution in [2.75, 3.05) is 20.1 Å². The summed E-state index contributed by atoms with van der Waals surface area (Å²) >= 11 is 0. The standard InChI is InChI=1S/C16H21N3O2/c1-3-7-18-15(20)13-11-14(13)16(21)19(2)10-6-12-4-8-17-9-5-12/h3-5,8-9,13-14H,1,6-7,10-11H2,2H3,(H,18,20). The van der Waals surface area contributed by atoms with E-state index in [0.29, 0.717) is 19.5 Å². The van der Waals surface area contributed by atoms with Crippen LogP contribution in [0.5, 0.6) is 0 Å². The van der Waals surface area contributed by atoms with Crippen molar-refractivity contribution in [2.24, 2.45) is 11.8 Å². The van der Waals surface area contributed by atoms with E-state index in [1.165, 1.54) is 0 Å². The van der Waals surface area contributed by atoms with Crippen molar-refractivity contribution in [3.63, 3.8) is 0 Å². The molecule has 2 rings (SSSR count). The molecule has 5 nitrogen and oxygen atoms in total. The number of likely N-dealkylation sites (N-methyl/N-ethyl adjacent to an activating group) is 1. The number of hydrogen-bond acceptors (Lipinski definition) is 3. The molecule has 0 aliphatic heterocycles. The highest BCUT2D eigenvalue weighted by Crippen LogP contribution is 2.39. The largest absolute Gasteiger partial charge is 0.352 e. The van der Waals surface area contributed by atoms with Gasteiger partial charge in [-0.3, -0.25) is 14.6 Å². The Morgan fingerprint density at radius 3 is 2.81 bits per heavy atom. The first-order valence-corrected chi connectivity index (χ1v) is 7.16. The summed E-state index contributed by atoms with van der Waals surface area (Å²) < 4.78 is 0. The van der Waals surface area contributed by atoms with Crippen LogP contribution in [0.2, 0.25) is 0 Å². The minimum absolute atomic E-state index is 0.0456. The molecule has 1 saturated carbocycles. The maximum atomic E-state index is 12.2. The van der Waals surface area contributed by atoms with Crippen molar-refractivity contribution in [1.29, 1.82) is 0 Å². The average molecular weight is 287 g/mol. The van der Waals surface area contributed by atoms with Gasteiger partial charge in [0.25, 0.3) is 0 Å². The number of nitrogens with one attached hydrogen (secondary N) is 1. The van der Waals surface area contributed by atoms with Gasteiger partial charge in [0.15, 0.2) is 0 Å². The van der Waals surface area contributed by atoms with Gasteiger partial charge in [-0.05, 0) is 30.5 Å².